The summed E-state index contributed by atoms with van der Waals surface area (Å²) in [6, 6.07) is 7.23. The molecule has 3 amide bonds. The second kappa shape index (κ2) is 8.42. The summed E-state index contributed by atoms with van der Waals surface area (Å²) >= 11 is 7.27. The molecule has 0 bridgehead atoms. The van der Waals surface area contributed by atoms with Crippen LogP contribution >= 0.6 is 22.9 Å². The van der Waals surface area contributed by atoms with Crippen LogP contribution in [0.15, 0.2) is 54.4 Å². The number of urea groups is 1. The third-order valence-corrected chi connectivity index (χ3v) is 4.98. The van der Waals surface area contributed by atoms with Gasteiger partial charge in [0.15, 0.2) is 0 Å². The van der Waals surface area contributed by atoms with Gasteiger partial charge in [-0.3, -0.25) is 4.79 Å². The molecule has 7 nitrogen and oxygen atoms in total. The van der Waals surface area contributed by atoms with Gasteiger partial charge in [0.05, 0.1) is 23.8 Å². The van der Waals surface area contributed by atoms with Crippen LogP contribution in [-0.4, -0.2) is 21.9 Å². The molecule has 0 atom stereocenters. The number of hydrogen-bond donors (Lipinski definition) is 1. The van der Waals surface area contributed by atoms with Gasteiger partial charge in [-0.25, -0.2) is 19.7 Å². The van der Waals surface area contributed by atoms with Gasteiger partial charge >= 0.3 is 35.6 Å². The molecule has 0 saturated carbocycles. The molecular weight excluding hydrogens is 411 g/mol. The van der Waals surface area contributed by atoms with Crippen molar-refractivity contribution in [2.24, 2.45) is 0 Å². The number of nitrogens with one attached hydrogen (secondary N) is 1. The van der Waals surface area contributed by atoms with Crippen LogP contribution < -0.4 is 44.9 Å². The minimum absolute atomic E-state index is 0. The molecular formula is C18H10ClN4NaO3S. The summed E-state index contributed by atoms with van der Waals surface area (Å²) in [5, 5.41) is 17.5. The van der Waals surface area contributed by atoms with E-state index in [2.05, 4.69) is 15.3 Å². The van der Waals surface area contributed by atoms with E-state index in [-0.39, 0.29) is 35.1 Å². The third-order valence-electron chi connectivity index (χ3n) is 3.87. The molecule has 0 saturated heterocycles. The summed E-state index contributed by atoms with van der Waals surface area (Å²) in [5.74, 6) is -1.16. The summed E-state index contributed by atoms with van der Waals surface area (Å²) in [6.45, 7) is 0. The van der Waals surface area contributed by atoms with Crippen molar-refractivity contribution in [2.45, 2.75) is 0 Å². The Labute approximate surface area is 191 Å². The molecule has 3 aromatic rings. The van der Waals surface area contributed by atoms with Crippen LogP contribution in [0.1, 0.15) is 10.4 Å². The monoisotopic (exact) mass is 420 g/mol. The van der Waals surface area contributed by atoms with Crippen molar-refractivity contribution < 1.29 is 44.3 Å². The summed E-state index contributed by atoms with van der Waals surface area (Å²) in [6.07, 6.45) is 4.12. The number of carbonyl (C=O) groups is 2. The molecule has 1 aliphatic heterocycles. The SMILES string of the molecule is O=C(Nc1cncnc1)N1C(=O)/C(=C(/[O-])c2cccs2)c2cc(Cl)ccc21.[Na+]. The molecule has 2 aromatic heterocycles. The van der Waals surface area contributed by atoms with Crippen molar-refractivity contribution >= 4 is 57.6 Å². The Morgan fingerprint density at radius 3 is 2.64 bits per heavy atom. The van der Waals surface area contributed by atoms with Gasteiger partial charge in [-0.2, -0.15) is 0 Å². The van der Waals surface area contributed by atoms with E-state index in [1.807, 2.05) is 0 Å². The van der Waals surface area contributed by atoms with E-state index in [9.17, 15) is 14.7 Å². The first-order chi connectivity index (χ1) is 13.1. The Morgan fingerprint density at radius 1 is 1.21 bits per heavy atom. The first-order valence-corrected chi connectivity index (χ1v) is 8.97. The summed E-state index contributed by atoms with van der Waals surface area (Å²) in [4.78, 5) is 34.6. The van der Waals surface area contributed by atoms with Gasteiger partial charge in [0, 0.05) is 21.0 Å². The Morgan fingerprint density at radius 2 is 1.96 bits per heavy atom. The molecule has 4 rings (SSSR count). The van der Waals surface area contributed by atoms with Crippen LogP contribution in [0.4, 0.5) is 16.2 Å². The van der Waals surface area contributed by atoms with Crippen LogP contribution in [0, 0.1) is 0 Å². The number of fused-ring (bicyclic) bond motifs is 1. The number of nitrogens with zero attached hydrogens (tertiary/aromatic N) is 3. The second-order valence-electron chi connectivity index (χ2n) is 5.54. The van der Waals surface area contributed by atoms with Crippen molar-refractivity contribution in [2.75, 3.05) is 10.2 Å². The fourth-order valence-electron chi connectivity index (χ4n) is 2.73. The third kappa shape index (κ3) is 3.69. The molecule has 0 unspecified atom stereocenters. The summed E-state index contributed by atoms with van der Waals surface area (Å²) < 4.78 is 0. The smallest absolute Gasteiger partial charge is 0.871 e. The predicted molar refractivity (Wildman–Crippen MR) is 101 cm³/mol. The minimum atomic E-state index is -0.715. The van der Waals surface area contributed by atoms with Crippen molar-refractivity contribution in [3.05, 3.63) is 69.9 Å². The van der Waals surface area contributed by atoms with Crippen LogP contribution in [0.2, 0.25) is 5.02 Å². The summed E-state index contributed by atoms with van der Waals surface area (Å²) in [7, 11) is 0. The first-order valence-electron chi connectivity index (χ1n) is 7.72. The van der Waals surface area contributed by atoms with Crippen molar-refractivity contribution in [1.29, 1.82) is 0 Å². The number of aromatic nitrogens is 2. The van der Waals surface area contributed by atoms with E-state index < -0.39 is 17.7 Å². The van der Waals surface area contributed by atoms with E-state index in [0.29, 0.717) is 26.8 Å². The van der Waals surface area contributed by atoms with Gasteiger partial charge in [0.1, 0.15) is 6.33 Å². The normalized spacial score (nSPS) is 14.3. The second-order valence-corrected chi connectivity index (χ2v) is 6.92. The van der Waals surface area contributed by atoms with Gasteiger partial charge in [-0.05, 0) is 29.6 Å². The molecule has 0 fully saturated rings. The zero-order valence-corrected chi connectivity index (χ0v) is 18.1. The van der Waals surface area contributed by atoms with Crippen molar-refractivity contribution in [1.82, 2.24) is 9.97 Å². The molecule has 0 spiro atoms. The predicted octanol–water partition coefficient (Wildman–Crippen LogP) is 0.00280. The number of rotatable bonds is 2. The topological polar surface area (TPSA) is 98.2 Å². The maximum absolute atomic E-state index is 13.0. The van der Waals surface area contributed by atoms with E-state index in [1.165, 1.54) is 42.2 Å². The van der Waals surface area contributed by atoms with Crippen molar-refractivity contribution in [3.63, 3.8) is 0 Å². The van der Waals surface area contributed by atoms with Crippen LogP contribution in [0.5, 0.6) is 0 Å². The number of imide groups is 1. The molecule has 10 heteroatoms. The molecule has 1 aromatic carbocycles. The molecule has 28 heavy (non-hydrogen) atoms. The maximum Gasteiger partial charge on any atom is 1.00 e. The van der Waals surface area contributed by atoms with E-state index in [0.717, 1.165) is 4.90 Å². The zero-order valence-electron chi connectivity index (χ0n) is 14.5. The summed E-state index contributed by atoms with van der Waals surface area (Å²) in [5.41, 5.74) is 0.849. The van der Waals surface area contributed by atoms with Gasteiger partial charge in [0.2, 0.25) is 0 Å². The van der Waals surface area contributed by atoms with Gasteiger partial charge < -0.3 is 10.4 Å². The number of thiophene rings is 1. The maximum atomic E-state index is 13.0. The van der Waals surface area contributed by atoms with Gasteiger partial charge in [0.25, 0.3) is 5.91 Å². The average Bonchev–Trinajstić information content (AvgIpc) is 3.28. The quantitative estimate of drug-likeness (QED) is 0.357. The average molecular weight is 421 g/mol. The molecule has 0 radical (unpaired) electrons. The van der Waals surface area contributed by atoms with Crippen LogP contribution in [0.3, 0.4) is 0 Å². The number of amides is 3. The number of carbonyl (C=O) groups excluding carboxylic acids is 2. The first kappa shape index (κ1) is 20.5. The number of anilines is 2. The zero-order chi connectivity index (χ0) is 19.0. The fraction of sp³-hybridized carbons (Fsp3) is 0. The Hall–Kier alpha value is -2.23. The number of benzene rings is 1. The van der Waals surface area contributed by atoms with Crippen LogP contribution in [0.25, 0.3) is 11.3 Å². The Balaban J connectivity index is 0.00000225. The fourth-order valence-corrected chi connectivity index (χ4v) is 3.58. The standard InChI is InChI=1S/C18H11ClN4O3S.Na/c19-10-3-4-13-12(6-10)15(16(24)14-2-1-5-27-14)17(25)23(13)18(26)22-11-7-20-9-21-8-11;/h1-9,24H,(H,22,26);/q;+1/p-1/b16-15+;. The van der Waals surface area contributed by atoms with E-state index in [1.54, 1.807) is 23.6 Å². The number of halogens is 1. The van der Waals surface area contributed by atoms with Gasteiger partial charge in [-0.1, -0.05) is 23.4 Å². The molecule has 1 aliphatic rings. The largest absolute Gasteiger partial charge is 1.00 e. The molecule has 1 N–H and O–H groups in total. The number of hydrogen-bond acceptors (Lipinski definition) is 6. The van der Waals surface area contributed by atoms with Gasteiger partial charge in [-0.15, -0.1) is 11.3 Å². The van der Waals surface area contributed by atoms with Crippen molar-refractivity contribution in [3.8, 4) is 0 Å². The van der Waals surface area contributed by atoms with E-state index in [4.69, 9.17) is 11.6 Å². The molecule has 134 valence electrons. The van der Waals surface area contributed by atoms with Crippen LogP contribution in [-0.2, 0) is 4.79 Å². The Kier molecular flexibility index (Phi) is 6.17. The molecule has 0 aliphatic carbocycles. The molecule has 3 heterocycles. The van der Waals surface area contributed by atoms with E-state index >= 15 is 0 Å². The minimum Gasteiger partial charge on any atom is -0.871 e. The Bertz CT molecular complexity index is 1070.